The summed E-state index contributed by atoms with van der Waals surface area (Å²) >= 11 is 0. The minimum Gasteiger partial charge on any atom is -0.298 e. The standard InChI is InChI=1S/C18H14O3S/c19-12-18-15(11-10-14-6-4-5-9-17(14)18)13-22(20,21)16-7-2-1-3-8-16/h1-12H,13H2. The summed E-state index contributed by atoms with van der Waals surface area (Å²) in [7, 11) is -3.47. The van der Waals surface area contributed by atoms with Crippen molar-refractivity contribution in [3.63, 3.8) is 0 Å². The molecule has 0 aliphatic heterocycles. The van der Waals surface area contributed by atoms with Gasteiger partial charge in [-0.15, -0.1) is 0 Å². The maximum atomic E-state index is 12.5. The van der Waals surface area contributed by atoms with Crippen LogP contribution in [0.5, 0.6) is 0 Å². The highest BCUT2D eigenvalue weighted by Crippen LogP contribution is 2.24. The van der Waals surface area contributed by atoms with Gasteiger partial charge < -0.3 is 0 Å². The first-order chi connectivity index (χ1) is 10.6. The summed E-state index contributed by atoms with van der Waals surface area (Å²) < 4.78 is 25.0. The average molecular weight is 310 g/mol. The number of carbonyl (C=O) groups excluding carboxylic acids is 1. The predicted molar refractivity (Wildman–Crippen MR) is 86.7 cm³/mol. The summed E-state index contributed by atoms with van der Waals surface area (Å²) in [5.41, 5.74) is 0.968. The number of benzene rings is 3. The Kier molecular flexibility index (Phi) is 3.77. The first-order valence-electron chi connectivity index (χ1n) is 6.85. The molecular weight excluding hydrogens is 296 g/mol. The molecule has 3 rings (SSSR count). The monoisotopic (exact) mass is 310 g/mol. The van der Waals surface area contributed by atoms with E-state index in [4.69, 9.17) is 0 Å². The van der Waals surface area contributed by atoms with Crippen LogP contribution in [0.4, 0.5) is 0 Å². The van der Waals surface area contributed by atoms with E-state index in [0.29, 0.717) is 11.1 Å². The average Bonchev–Trinajstić information content (AvgIpc) is 2.55. The molecular formula is C18H14O3S. The first kappa shape index (κ1) is 14.5. The Morgan fingerprint density at radius 2 is 1.50 bits per heavy atom. The molecule has 0 aliphatic rings. The van der Waals surface area contributed by atoms with Gasteiger partial charge in [0.1, 0.15) is 0 Å². The Morgan fingerprint density at radius 1 is 0.818 bits per heavy atom. The molecule has 0 heterocycles. The molecule has 0 saturated carbocycles. The van der Waals surface area contributed by atoms with Crippen molar-refractivity contribution in [3.8, 4) is 0 Å². The van der Waals surface area contributed by atoms with E-state index in [2.05, 4.69) is 0 Å². The fourth-order valence-corrected chi connectivity index (χ4v) is 3.92. The quantitative estimate of drug-likeness (QED) is 0.691. The van der Waals surface area contributed by atoms with Gasteiger partial charge in [0.15, 0.2) is 16.1 Å². The molecule has 3 aromatic carbocycles. The van der Waals surface area contributed by atoms with Gasteiger partial charge in [-0.25, -0.2) is 8.42 Å². The van der Waals surface area contributed by atoms with Crippen molar-refractivity contribution in [2.24, 2.45) is 0 Å². The van der Waals surface area contributed by atoms with Gasteiger partial charge in [0.25, 0.3) is 0 Å². The van der Waals surface area contributed by atoms with Crippen LogP contribution in [0, 0.1) is 0 Å². The summed E-state index contributed by atoms with van der Waals surface area (Å²) in [6.07, 6.45) is 0.734. The van der Waals surface area contributed by atoms with E-state index in [1.165, 1.54) is 0 Å². The molecule has 4 heteroatoms. The van der Waals surface area contributed by atoms with Gasteiger partial charge in [0.2, 0.25) is 0 Å². The van der Waals surface area contributed by atoms with Crippen LogP contribution in [0.1, 0.15) is 15.9 Å². The van der Waals surface area contributed by atoms with Gasteiger partial charge in [0.05, 0.1) is 10.6 Å². The lowest BCUT2D eigenvalue weighted by molar-refractivity contribution is 0.112. The normalized spacial score (nSPS) is 11.5. The Hall–Kier alpha value is -2.46. The third-order valence-electron chi connectivity index (χ3n) is 3.63. The Morgan fingerprint density at radius 3 is 2.23 bits per heavy atom. The highest BCUT2D eigenvalue weighted by molar-refractivity contribution is 7.90. The van der Waals surface area contributed by atoms with E-state index in [9.17, 15) is 13.2 Å². The molecule has 0 bridgehead atoms. The third kappa shape index (κ3) is 2.65. The SMILES string of the molecule is O=Cc1c(CS(=O)(=O)c2ccccc2)ccc2ccccc12. The number of sulfone groups is 1. The van der Waals surface area contributed by atoms with Crippen molar-refractivity contribution < 1.29 is 13.2 Å². The van der Waals surface area contributed by atoms with Crippen LogP contribution < -0.4 is 0 Å². The van der Waals surface area contributed by atoms with E-state index in [1.54, 1.807) is 36.4 Å². The zero-order valence-corrected chi connectivity index (χ0v) is 12.6. The predicted octanol–water partition coefficient (Wildman–Crippen LogP) is 3.63. The van der Waals surface area contributed by atoms with Crippen LogP contribution in [0.2, 0.25) is 0 Å². The summed E-state index contributed by atoms with van der Waals surface area (Å²) in [5, 5.41) is 1.70. The summed E-state index contributed by atoms with van der Waals surface area (Å²) in [4.78, 5) is 11.7. The van der Waals surface area contributed by atoms with Crippen LogP contribution in [0.3, 0.4) is 0 Å². The number of carbonyl (C=O) groups is 1. The maximum Gasteiger partial charge on any atom is 0.182 e. The molecule has 0 aliphatic carbocycles. The van der Waals surface area contributed by atoms with Crippen LogP contribution >= 0.6 is 0 Å². The second-order valence-corrected chi connectivity index (χ2v) is 7.04. The van der Waals surface area contributed by atoms with Crippen molar-refractivity contribution in [2.45, 2.75) is 10.6 Å². The molecule has 3 aromatic rings. The molecule has 22 heavy (non-hydrogen) atoms. The molecule has 0 aromatic heterocycles. The van der Waals surface area contributed by atoms with Crippen LogP contribution in [0.15, 0.2) is 71.6 Å². The molecule has 0 saturated heterocycles. The van der Waals surface area contributed by atoms with Crippen molar-refractivity contribution in [2.75, 3.05) is 0 Å². The zero-order valence-electron chi connectivity index (χ0n) is 11.8. The smallest absolute Gasteiger partial charge is 0.182 e. The van der Waals surface area contributed by atoms with Crippen molar-refractivity contribution in [3.05, 3.63) is 77.9 Å². The summed E-state index contributed by atoms with van der Waals surface area (Å²) in [6.45, 7) is 0. The van der Waals surface area contributed by atoms with E-state index in [0.717, 1.165) is 17.1 Å². The first-order valence-corrected chi connectivity index (χ1v) is 8.51. The van der Waals surface area contributed by atoms with E-state index in [1.807, 2.05) is 30.3 Å². The lowest BCUT2D eigenvalue weighted by Gasteiger charge is -2.09. The molecule has 0 unspecified atom stereocenters. The molecule has 0 radical (unpaired) electrons. The van der Waals surface area contributed by atoms with Crippen LogP contribution in [0.25, 0.3) is 10.8 Å². The highest BCUT2D eigenvalue weighted by atomic mass is 32.2. The zero-order chi connectivity index (χ0) is 15.6. The third-order valence-corrected chi connectivity index (χ3v) is 5.31. The Labute approximate surface area is 129 Å². The lowest BCUT2D eigenvalue weighted by atomic mass is 10.0. The minimum absolute atomic E-state index is 0.185. The van der Waals surface area contributed by atoms with Crippen molar-refractivity contribution in [1.82, 2.24) is 0 Å². The molecule has 3 nitrogen and oxygen atoms in total. The van der Waals surface area contributed by atoms with Crippen LogP contribution in [-0.4, -0.2) is 14.7 Å². The molecule has 0 amide bonds. The Balaban J connectivity index is 2.10. The van der Waals surface area contributed by atoms with Gasteiger partial charge in [-0.1, -0.05) is 54.6 Å². The number of hydrogen-bond donors (Lipinski definition) is 0. The fourth-order valence-electron chi connectivity index (χ4n) is 2.52. The minimum atomic E-state index is -3.47. The summed E-state index contributed by atoms with van der Waals surface area (Å²) in [6, 6.07) is 19.3. The van der Waals surface area contributed by atoms with Crippen LogP contribution in [-0.2, 0) is 15.6 Å². The van der Waals surface area contributed by atoms with Gasteiger partial charge >= 0.3 is 0 Å². The molecule has 0 spiro atoms. The van der Waals surface area contributed by atoms with Crippen molar-refractivity contribution in [1.29, 1.82) is 0 Å². The van der Waals surface area contributed by atoms with Crippen molar-refractivity contribution >= 4 is 26.9 Å². The second-order valence-electron chi connectivity index (χ2n) is 5.05. The van der Waals surface area contributed by atoms with Gasteiger partial charge in [-0.2, -0.15) is 0 Å². The van der Waals surface area contributed by atoms with Gasteiger partial charge in [-0.05, 0) is 28.5 Å². The fraction of sp³-hybridized carbons (Fsp3) is 0.0556. The lowest BCUT2D eigenvalue weighted by Crippen LogP contribution is -2.07. The largest absolute Gasteiger partial charge is 0.298 e. The number of hydrogen-bond acceptors (Lipinski definition) is 3. The molecule has 0 fully saturated rings. The number of fused-ring (bicyclic) bond motifs is 1. The molecule has 0 N–H and O–H groups in total. The number of rotatable bonds is 4. The number of aldehydes is 1. The van der Waals surface area contributed by atoms with E-state index < -0.39 is 9.84 Å². The topological polar surface area (TPSA) is 51.2 Å². The summed E-state index contributed by atoms with van der Waals surface area (Å²) in [5.74, 6) is -0.185. The second kappa shape index (κ2) is 5.73. The van der Waals surface area contributed by atoms with Gasteiger partial charge in [-0.3, -0.25) is 4.79 Å². The Bertz CT molecular complexity index is 929. The maximum absolute atomic E-state index is 12.5. The highest BCUT2D eigenvalue weighted by Gasteiger charge is 2.18. The molecule has 110 valence electrons. The van der Waals surface area contributed by atoms with E-state index in [-0.39, 0.29) is 10.6 Å². The van der Waals surface area contributed by atoms with E-state index >= 15 is 0 Å². The van der Waals surface area contributed by atoms with Gasteiger partial charge in [0, 0.05) is 5.56 Å². The molecule has 0 atom stereocenters.